The Morgan fingerprint density at radius 3 is 2.91 bits per heavy atom. The normalized spacial score (nSPS) is 9.91. The van der Waals surface area contributed by atoms with Gasteiger partial charge < -0.3 is 9.52 Å². The first kappa shape index (κ1) is 7.85. The molecule has 0 aliphatic carbocycles. The summed E-state index contributed by atoms with van der Waals surface area (Å²) in [6.07, 6.45) is 2.73. The number of hydrogen-bond acceptors (Lipinski definition) is 3. The lowest BCUT2D eigenvalue weighted by atomic mass is 10.2. The molecular formula is C8H10O3. The van der Waals surface area contributed by atoms with Gasteiger partial charge in [0.25, 0.3) is 0 Å². The average molecular weight is 154 g/mol. The molecule has 60 valence electrons. The van der Waals surface area contributed by atoms with Crippen LogP contribution in [-0.2, 0) is 6.42 Å². The Morgan fingerprint density at radius 2 is 2.36 bits per heavy atom. The third-order valence-electron chi connectivity index (χ3n) is 1.36. The van der Waals surface area contributed by atoms with Crippen molar-refractivity contribution in [2.45, 2.75) is 19.8 Å². The minimum atomic E-state index is -0.375. The van der Waals surface area contributed by atoms with E-state index in [4.69, 9.17) is 9.52 Å². The molecule has 0 aromatic carbocycles. The Kier molecular flexibility index (Phi) is 2.31. The monoisotopic (exact) mass is 154 g/mol. The highest BCUT2D eigenvalue weighted by atomic mass is 16.3. The largest absolute Gasteiger partial charge is 0.502 e. The van der Waals surface area contributed by atoms with Crippen molar-refractivity contribution in [3.05, 3.63) is 28.3 Å². The zero-order valence-electron chi connectivity index (χ0n) is 6.33. The molecule has 0 bridgehead atoms. The van der Waals surface area contributed by atoms with Crippen molar-refractivity contribution >= 4 is 0 Å². The van der Waals surface area contributed by atoms with Crippen LogP contribution >= 0.6 is 0 Å². The van der Waals surface area contributed by atoms with Crippen molar-refractivity contribution in [3.63, 3.8) is 0 Å². The summed E-state index contributed by atoms with van der Waals surface area (Å²) in [5.74, 6) is 0.292. The fraction of sp³-hybridized carbons (Fsp3) is 0.375. The first-order valence-corrected chi connectivity index (χ1v) is 3.54. The molecule has 1 aromatic rings. The molecular weight excluding hydrogens is 144 g/mol. The van der Waals surface area contributed by atoms with Crippen LogP contribution in [0.3, 0.4) is 0 Å². The smallest absolute Gasteiger partial charge is 0.226 e. The van der Waals surface area contributed by atoms with Gasteiger partial charge in [-0.15, -0.1) is 0 Å². The van der Waals surface area contributed by atoms with Crippen LogP contribution in [0.15, 0.2) is 21.5 Å². The molecule has 0 aliphatic rings. The van der Waals surface area contributed by atoms with Crippen molar-refractivity contribution in [2.24, 2.45) is 0 Å². The van der Waals surface area contributed by atoms with Gasteiger partial charge in [0.05, 0.1) is 0 Å². The van der Waals surface area contributed by atoms with Crippen molar-refractivity contribution in [3.8, 4) is 5.75 Å². The van der Waals surface area contributed by atoms with Crippen molar-refractivity contribution in [1.29, 1.82) is 0 Å². The van der Waals surface area contributed by atoms with Gasteiger partial charge >= 0.3 is 0 Å². The van der Waals surface area contributed by atoms with Gasteiger partial charge in [0.2, 0.25) is 5.43 Å². The summed E-state index contributed by atoms with van der Waals surface area (Å²) in [5.41, 5.74) is -0.375. The summed E-state index contributed by atoms with van der Waals surface area (Å²) in [6, 6.07) is 1.32. The standard InChI is InChI=1S/C8H10O3/c1-2-3-6-4-7(9)8(10)5-11-6/h4-5,10H,2-3H2,1H3. The molecule has 1 rings (SSSR count). The fourth-order valence-electron chi connectivity index (χ4n) is 0.821. The Bertz CT molecular complexity index is 288. The second kappa shape index (κ2) is 3.23. The minimum absolute atomic E-state index is 0.329. The molecule has 0 atom stereocenters. The summed E-state index contributed by atoms with van der Waals surface area (Å²) >= 11 is 0. The van der Waals surface area contributed by atoms with Crippen LogP contribution in [0.4, 0.5) is 0 Å². The minimum Gasteiger partial charge on any atom is -0.502 e. The van der Waals surface area contributed by atoms with Gasteiger partial charge in [0.1, 0.15) is 12.0 Å². The van der Waals surface area contributed by atoms with E-state index in [2.05, 4.69) is 0 Å². The molecule has 0 saturated carbocycles. The molecule has 0 radical (unpaired) electrons. The molecule has 0 saturated heterocycles. The zero-order chi connectivity index (χ0) is 8.27. The lowest BCUT2D eigenvalue weighted by Gasteiger charge is -1.95. The van der Waals surface area contributed by atoms with Gasteiger partial charge in [0, 0.05) is 12.5 Å². The number of rotatable bonds is 2. The van der Waals surface area contributed by atoms with Crippen LogP contribution in [0.1, 0.15) is 19.1 Å². The van der Waals surface area contributed by atoms with Gasteiger partial charge in [-0.05, 0) is 6.42 Å². The van der Waals surface area contributed by atoms with Crippen LogP contribution < -0.4 is 5.43 Å². The molecule has 3 heteroatoms. The molecule has 0 unspecified atom stereocenters. The van der Waals surface area contributed by atoms with Crippen molar-refractivity contribution < 1.29 is 9.52 Å². The maximum atomic E-state index is 10.8. The predicted octanol–water partition coefficient (Wildman–Crippen LogP) is 1.30. The third kappa shape index (κ3) is 1.83. The highest BCUT2D eigenvalue weighted by Crippen LogP contribution is 2.04. The second-order valence-electron chi connectivity index (χ2n) is 2.35. The molecule has 0 fully saturated rings. The van der Waals surface area contributed by atoms with Gasteiger partial charge in [-0.1, -0.05) is 6.92 Å². The summed E-state index contributed by atoms with van der Waals surface area (Å²) in [6.45, 7) is 1.99. The Balaban J connectivity index is 2.96. The predicted molar refractivity (Wildman–Crippen MR) is 40.6 cm³/mol. The first-order valence-electron chi connectivity index (χ1n) is 3.54. The van der Waals surface area contributed by atoms with Gasteiger partial charge in [-0.3, -0.25) is 4.79 Å². The van der Waals surface area contributed by atoms with Crippen molar-refractivity contribution in [1.82, 2.24) is 0 Å². The number of aromatic hydroxyl groups is 1. The Hall–Kier alpha value is -1.25. The summed E-state index contributed by atoms with van der Waals surface area (Å²) in [5, 5.41) is 8.81. The maximum absolute atomic E-state index is 10.8. The quantitative estimate of drug-likeness (QED) is 0.698. The van der Waals surface area contributed by atoms with Crippen LogP contribution in [-0.4, -0.2) is 5.11 Å². The maximum Gasteiger partial charge on any atom is 0.226 e. The highest BCUT2D eigenvalue weighted by molar-refractivity contribution is 5.15. The first-order chi connectivity index (χ1) is 5.24. The van der Waals surface area contributed by atoms with Gasteiger partial charge in [0.15, 0.2) is 5.75 Å². The number of hydrogen-bond donors (Lipinski definition) is 1. The zero-order valence-corrected chi connectivity index (χ0v) is 6.33. The van der Waals surface area contributed by atoms with E-state index in [1.807, 2.05) is 6.92 Å². The summed E-state index contributed by atoms with van der Waals surface area (Å²) < 4.78 is 4.93. The van der Waals surface area contributed by atoms with E-state index in [1.165, 1.54) is 6.07 Å². The Labute approximate surface area is 64.3 Å². The molecule has 1 N–H and O–H groups in total. The highest BCUT2D eigenvalue weighted by Gasteiger charge is 1.99. The molecule has 11 heavy (non-hydrogen) atoms. The van der Waals surface area contributed by atoms with E-state index in [0.29, 0.717) is 5.76 Å². The summed E-state index contributed by atoms with van der Waals surface area (Å²) in [7, 11) is 0. The SMILES string of the molecule is CCCc1cc(=O)c(O)co1. The van der Waals surface area contributed by atoms with Crippen LogP contribution in [0.2, 0.25) is 0 Å². The van der Waals surface area contributed by atoms with E-state index < -0.39 is 0 Å². The van der Waals surface area contributed by atoms with Gasteiger partial charge in [-0.25, -0.2) is 0 Å². The molecule has 1 aromatic heterocycles. The lowest BCUT2D eigenvalue weighted by Crippen LogP contribution is -1.99. The van der Waals surface area contributed by atoms with E-state index in [9.17, 15) is 4.79 Å². The second-order valence-corrected chi connectivity index (χ2v) is 2.35. The van der Waals surface area contributed by atoms with Crippen LogP contribution in [0.5, 0.6) is 5.75 Å². The van der Waals surface area contributed by atoms with Crippen LogP contribution in [0.25, 0.3) is 0 Å². The lowest BCUT2D eigenvalue weighted by molar-refractivity contribution is 0.412. The van der Waals surface area contributed by atoms with E-state index in [-0.39, 0.29) is 11.2 Å². The average Bonchev–Trinajstić information content (AvgIpc) is 1.98. The van der Waals surface area contributed by atoms with Crippen LogP contribution in [0, 0.1) is 0 Å². The van der Waals surface area contributed by atoms with E-state index >= 15 is 0 Å². The molecule has 0 aliphatic heterocycles. The summed E-state index contributed by atoms with van der Waals surface area (Å²) in [4.78, 5) is 10.8. The topological polar surface area (TPSA) is 50.4 Å². The third-order valence-corrected chi connectivity index (χ3v) is 1.36. The van der Waals surface area contributed by atoms with Crippen molar-refractivity contribution in [2.75, 3.05) is 0 Å². The Morgan fingerprint density at radius 1 is 1.64 bits per heavy atom. The van der Waals surface area contributed by atoms with E-state index in [1.54, 1.807) is 0 Å². The molecule has 1 heterocycles. The number of aryl methyl sites for hydroxylation is 1. The van der Waals surface area contributed by atoms with Gasteiger partial charge in [-0.2, -0.15) is 0 Å². The molecule has 0 spiro atoms. The molecule has 3 nitrogen and oxygen atoms in total. The van der Waals surface area contributed by atoms with E-state index in [0.717, 1.165) is 19.1 Å². The fourth-order valence-corrected chi connectivity index (χ4v) is 0.821. The molecule has 0 amide bonds.